The van der Waals surface area contributed by atoms with E-state index in [1.807, 2.05) is 23.6 Å². The lowest BCUT2D eigenvalue weighted by molar-refractivity contribution is 0.0276. The van der Waals surface area contributed by atoms with E-state index in [-0.39, 0.29) is 6.10 Å². The number of morpholine rings is 1. The highest BCUT2D eigenvalue weighted by Gasteiger charge is 2.20. The molecule has 1 aromatic heterocycles. The van der Waals surface area contributed by atoms with Crippen molar-refractivity contribution in [2.75, 3.05) is 33.9 Å². The summed E-state index contributed by atoms with van der Waals surface area (Å²) in [5.74, 6) is 1.53. The van der Waals surface area contributed by atoms with E-state index in [1.54, 1.807) is 25.6 Å². The maximum Gasteiger partial charge on any atom is 0.131 e. The van der Waals surface area contributed by atoms with E-state index in [9.17, 15) is 0 Å². The summed E-state index contributed by atoms with van der Waals surface area (Å²) >= 11 is 1.62. The van der Waals surface area contributed by atoms with Crippen LogP contribution in [0, 0.1) is 0 Å². The third-order valence-corrected chi connectivity index (χ3v) is 4.35. The van der Waals surface area contributed by atoms with Crippen LogP contribution in [-0.4, -0.2) is 38.9 Å². The molecule has 0 saturated carbocycles. The van der Waals surface area contributed by atoms with E-state index >= 15 is 0 Å². The van der Waals surface area contributed by atoms with E-state index in [1.165, 1.54) is 0 Å². The Kier molecular flexibility index (Phi) is 4.38. The Hall–Kier alpha value is -1.63. The fraction of sp³-hybridized carbons (Fsp3) is 0.400. The van der Waals surface area contributed by atoms with Gasteiger partial charge in [0.25, 0.3) is 0 Å². The summed E-state index contributed by atoms with van der Waals surface area (Å²) in [6.45, 7) is 2.44. The van der Waals surface area contributed by atoms with Gasteiger partial charge in [0.05, 0.1) is 26.5 Å². The van der Waals surface area contributed by atoms with E-state index in [0.717, 1.165) is 47.5 Å². The topological polar surface area (TPSA) is 52.6 Å². The molecule has 1 atom stereocenters. The van der Waals surface area contributed by atoms with Gasteiger partial charge in [0.15, 0.2) is 0 Å². The normalized spacial score (nSPS) is 18.5. The van der Waals surface area contributed by atoms with Gasteiger partial charge in [-0.3, -0.25) is 0 Å². The van der Waals surface area contributed by atoms with E-state index in [4.69, 9.17) is 19.2 Å². The van der Waals surface area contributed by atoms with Crippen LogP contribution in [0.3, 0.4) is 0 Å². The summed E-state index contributed by atoms with van der Waals surface area (Å²) in [5, 5.41) is 6.36. The summed E-state index contributed by atoms with van der Waals surface area (Å²) in [5.41, 5.74) is 1.87. The van der Waals surface area contributed by atoms with Crippen molar-refractivity contribution in [3.05, 3.63) is 28.6 Å². The summed E-state index contributed by atoms with van der Waals surface area (Å²) < 4.78 is 16.4. The lowest BCUT2D eigenvalue weighted by Crippen LogP contribution is -2.33. The molecular formula is C15H18N2O3S. The Bertz CT molecular complexity index is 609. The van der Waals surface area contributed by atoms with Crippen molar-refractivity contribution in [3.63, 3.8) is 0 Å². The zero-order valence-electron chi connectivity index (χ0n) is 12.1. The van der Waals surface area contributed by atoms with Crippen molar-refractivity contribution in [3.8, 4) is 22.8 Å². The first-order valence-corrected chi connectivity index (χ1v) is 7.70. The highest BCUT2D eigenvalue weighted by atomic mass is 32.1. The minimum Gasteiger partial charge on any atom is -0.497 e. The van der Waals surface area contributed by atoms with Crippen LogP contribution in [0.2, 0.25) is 0 Å². The molecule has 0 bridgehead atoms. The molecule has 6 heteroatoms. The lowest BCUT2D eigenvalue weighted by Gasteiger charge is -2.21. The first kappa shape index (κ1) is 14.3. The van der Waals surface area contributed by atoms with Crippen molar-refractivity contribution in [1.29, 1.82) is 0 Å². The average molecular weight is 306 g/mol. The minimum absolute atomic E-state index is 0.0433. The van der Waals surface area contributed by atoms with Gasteiger partial charge in [-0.1, -0.05) is 0 Å². The molecule has 1 aromatic carbocycles. The third kappa shape index (κ3) is 3.02. The predicted octanol–water partition coefficient (Wildman–Crippen LogP) is 2.49. The van der Waals surface area contributed by atoms with Gasteiger partial charge in [-0.25, -0.2) is 4.98 Å². The quantitative estimate of drug-likeness (QED) is 0.940. The van der Waals surface area contributed by atoms with Gasteiger partial charge in [0, 0.05) is 30.1 Å². The third-order valence-electron chi connectivity index (χ3n) is 3.41. The number of benzene rings is 1. The molecule has 1 fully saturated rings. The van der Waals surface area contributed by atoms with Gasteiger partial charge in [0.2, 0.25) is 0 Å². The second-order valence-corrected chi connectivity index (χ2v) is 5.59. The summed E-state index contributed by atoms with van der Waals surface area (Å²) in [4.78, 5) is 4.70. The van der Waals surface area contributed by atoms with Crippen LogP contribution in [0.1, 0.15) is 11.1 Å². The fourth-order valence-electron chi connectivity index (χ4n) is 2.29. The maximum absolute atomic E-state index is 5.74. The lowest BCUT2D eigenvalue weighted by atomic mass is 10.1. The van der Waals surface area contributed by atoms with Crippen molar-refractivity contribution in [2.24, 2.45) is 0 Å². The number of rotatable bonds is 4. The van der Waals surface area contributed by atoms with Gasteiger partial charge in [-0.2, -0.15) is 0 Å². The molecule has 1 saturated heterocycles. The molecule has 1 N–H and O–H groups in total. The average Bonchev–Trinajstić information content (AvgIpc) is 3.04. The number of hydrogen-bond acceptors (Lipinski definition) is 6. The molecule has 112 valence electrons. The van der Waals surface area contributed by atoms with Crippen molar-refractivity contribution < 1.29 is 14.2 Å². The summed E-state index contributed by atoms with van der Waals surface area (Å²) in [6, 6.07) is 5.75. The van der Waals surface area contributed by atoms with Crippen molar-refractivity contribution in [1.82, 2.24) is 10.3 Å². The molecule has 0 radical (unpaired) electrons. The summed E-state index contributed by atoms with van der Waals surface area (Å²) in [6.07, 6.45) is 0.0433. The first-order chi connectivity index (χ1) is 10.3. The molecule has 2 heterocycles. The Morgan fingerprint density at radius 1 is 1.33 bits per heavy atom. The molecule has 3 rings (SSSR count). The molecule has 0 amide bonds. The van der Waals surface area contributed by atoms with Crippen LogP contribution in [0.4, 0.5) is 0 Å². The largest absolute Gasteiger partial charge is 0.497 e. The Balaban J connectivity index is 1.88. The number of methoxy groups -OCH3 is 2. The van der Waals surface area contributed by atoms with E-state index in [0.29, 0.717) is 0 Å². The smallest absolute Gasteiger partial charge is 0.131 e. The second-order valence-electron chi connectivity index (χ2n) is 4.70. The summed E-state index contributed by atoms with van der Waals surface area (Å²) in [7, 11) is 3.29. The Labute approximate surface area is 127 Å². The first-order valence-electron chi connectivity index (χ1n) is 6.82. The number of hydrogen-bond donors (Lipinski definition) is 1. The second kappa shape index (κ2) is 6.43. The van der Waals surface area contributed by atoms with Crippen LogP contribution in [0.15, 0.2) is 23.6 Å². The van der Waals surface area contributed by atoms with E-state index in [2.05, 4.69) is 5.32 Å². The predicted molar refractivity (Wildman–Crippen MR) is 82.2 cm³/mol. The highest BCUT2D eigenvalue weighted by Crippen LogP contribution is 2.35. The minimum atomic E-state index is 0.0433. The van der Waals surface area contributed by atoms with Crippen LogP contribution in [-0.2, 0) is 4.74 Å². The Morgan fingerprint density at radius 3 is 2.95 bits per heavy atom. The van der Waals surface area contributed by atoms with Crippen LogP contribution >= 0.6 is 11.3 Å². The number of thiazole rings is 1. The highest BCUT2D eigenvalue weighted by molar-refractivity contribution is 7.10. The maximum atomic E-state index is 5.74. The number of nitrogens with one attached hydrogen (secondary N) is 1. The molecule has 1 aliphatic heterocycles. The molecule has 5 nitrogen and oxygen atoms in total. The molecule has 0 spiro atoms. The number of nitrogens with zero attached hydrogens (tertiary/aromatic N) is 1. The molecular weight excluding hydrogens is 288 g/mol. The molecule has 1 aliphatic rings. The van der Waals surface area contributed by atoms with Gasteiger partial charge < -0.3 is 19.5 Å². The molecule has 2 aromatic rings. The van der Waals surface area contributed by atoms with Crippen molar-refractivity contribution >= 4 is 11.3 Å². The molecule has 1 unspecified atom stereocenters. The number of ether oxygens (including phenoxy) is 3. The fourth-order valence-corrected chi connectivity index (χ4v) is 3.16. The molecule has 0 aliphatic carbocycles. The van der Waals surface area contributed by atoms with Gasteiger partial charge in [0.1, 0.15) is 22.6 Å². The zero-order chi connectivity index (χ0) is 14.7. The monoisotopic (exact) mass is 306 g/mol. The van der Waals surface area contributed by atoms with Crippen molar-refractivity contribution in [2.45, 2.75) is 6.10 Å². The number of aromatic nitrogens is 1. The Morgan fingerprint density at radius 2 is 2.24 bits per heavy atom. The standard InChI is InChI=1S/C15H18N2O3S/c1-18-10-3-4-11(13(7-10)19-2)12-9-21-15(17-12)14-8-16-5-6-20-14/h3-4,7,9,14,16H,5-6,8H2,1-2H3. The van der Waals surface area contributed by atoms with Gasteiger partial charge in [-0.05, 0) is 12.1 Å². The SMILES string of the molecule is COc1ccc(-c2csc(C3CNCCO3)n2)c(OC)c1. The van der Waals surface area contributed by atoms with Crippen LogP contribution in [0.25, 0.3) is 11.3 Å². The van der Waals surface area contributed by atoms with Crippen LogP contribution < -0.4 is 14.8 Å². The molecule has 21 heavy (non-hydrogen) atoms. The van der Waals surface area contributed by atoms with Crippen LogP contribution in [0.5, 0.6) is 11.5 Å². The van der Waals surface area contributed by atoms with Gasteiger partial charge >= 0.3 is 0 Å². The zero-order valence-corrected chi connectivity index (χ0v) is 12.9. The van der Waals surface area contributed by atoms with Gasteiger partial charge in [-0.15, -0.1) is 11.3 Å². The van der Waals surface area contributed by atoms with E-state index < -0.39 is 0 Å².